The van der Waals surface area contributed by atoms with Crippen LogP contribution in [0.1, 0.15) is 26.0 Å². The molecule has 1 aliphatic rings. The van der Waals surface area contributed by atoms with Gasteiger partial charge in [0.2, 0.25) is 10.0 Å². The third-order valence-corrected chi connectivity index (χ3v) is 6.91. The molecule has 0 bridgehead atoms. The highest BCUT2D eigenvalue weighted by molar-refractivity contribution is 7.89. The molecule has 10 heteroatoms. The minimum atomic E-state index is -3.36. The Labute approximate surface area is 175 Å². The van der Waals surface area contributed by atoms with Gasteiger partial charge in [0.1, 0.15) is 17.7 Å². The molecule has 0 spiro atoms. The molecule has 3 rings (SSSR count). The highest BCUT2D eigenvalue weighted by atomic mass is 32.2. The third-order valence-electron chi connectivity index (χ3n) is 4.66. The van der Waals surface area contributed by atoms with Crippen LogP contribution in [0, 0.1) is 12.7 Å². The largest absolute Gasteiger partial charge is 0.489 e. The Morgan fingerprint density at radius 3 is 2.63 bits per heavy atom. The lowest BCUT2D eigenvalue weighted by Gasteiger charge is -2.19. The number of ether oxygens (including phenoxy) is 1. The van der Waals surface area contributed by atoms with Gasteiger partial charge in [-0.15, -0.1) is 0 Å². The number of sulfonamides is 1. The van der Waals surface area contributed by atoms with Gasteiger partial charge in [0, 0.05) is 30.1 Å². The first-order valence-electron chi connectivity index (χ1n) is 9.60. The number of hydrogen-bond acceptors (Lipinski definition) is 5. The SMILES string of the molecule is Cc1ccc(NC(=O)Nc2cc(F)cc(O[C@@H]3CCN(S(=O)(=O)C(C)C)C3)c2)cn1. The second-order valence-corrected chi connectivity index (χ2v) is 9.91. The van der Waals surface area contributed by atoms with E-state index in [1.807, 2.05) is 6.92 Å². The van der Waals surface area contributed by atoms with Crippen LogP contribution in [0.15, 0.2) is 36.5 Å². The van der Waals surface area contributed by atoms with E-state index in [4.69, 9.17) is 4.74 Å². The maximum absolute atomic E-state index is 14.0. The summed E-state index contributed by atoms with van der Waals surface area (Å²) < 4.78 is 45.8. The lowest BCUT2D eigenvalue weighted by Crippen LogP contribution is -2.35. The van der Waals surface area contributed by atoms with Crippen LogP contribution in [0.4, 0.5) is 20.6 Å². The van der Waals surface area contributed by atoms with Gasteiger partial charge >= 0.3 is 6.03 Å². The van der Waals surface area contributed by atoms with Crippen LogP contribution >= 0.6 is 0 Å². The molecule has 8 nitrogen and oxygen atoms in total. The van der Waals surface area contributed by atoms with Gasteiger partial charge in [-0.05, 0) is 45.4 Å². The van der Waals surface area contributed by atoms with E-state index in [0.717, 1.165) is 5.69 Å². The molecule has 1 aromatic heterocycles. The number of benzene rings is 1. The molecule has 162 valence electrons. The van der Waals surface area contributed by atoms with Crippen molar-refractivity contribution < 1.29 is 22.3 Å². The van der Waals surface area contributed by atoms with Crippen LogP contribution in [-0.2, 0) is 10.0 Å². The number of anilines is 2. The average molecular weight is 437 g/mol. The lowest BCUT2D eigenvalue weighted by molar-refractivity contribution is 0.214. The highest BCUT2D eigenvalue weighted by Gasteiger charge is 2.34. The molecule has 2 heterocycles. The topological polar surface area (TPSA) is 101 Å². The fourth-order valence-electron chi connectivity index (χ4n) is 3.05. The lowest BCUT2D eigenvalue weighted by atomic mass is 10.2. The Bertz CT molecular complexity index is 1010. The molecule has 2 N–H and O–H groups in total. The number of halogens is 1. The van der Waals surface area contributed by atoms with Crippen molar-refractivity contribution in [3.8, 4) is 5.75 Å². The van der Waals surface area contributed by atoms with Gasteiger partial charge in [-0.1, -0.05) is 0 Å². The maximum Gasteiger partial charge on any atom is 0.323 e. The van der Waals surface area contributed by atoms with Crippen molar-refractivity contribution in [2.45, 2.75) is 38.5 Å². The molecule has 2 amide bonds. The number of hydrogen-bond donors (Lipinski definition) is 2. The first kappa shape index (κ1) is 22.0. The van der Waals surface area contributed by atoms with Gasteiger partial charge in [-0.25, -0.2) is 17.6 Å². The zero-order valence-corrected chi connectivity index (χ0v) is 17.9. The second kappa shape index (κ2) is 8.97. The van der Waals surface area contributed by atoms with Gasteiger partial charge in [-0.2, -0.15) is 4.31 Å². The fourth-order valence-corrected chi connectivity index (χ4v) is 4.38. The summed E-state index contributed by atoms with van der Waals surface area (Å²) in [6.07, 6.45) is 1.64. The molecular weight excluding hydrogens is 411 g/mol. The Hall–Kier alpha value is -2.72. The summed E-state index contributed by atoms with van der Waals surface area (Å²) in [4.78, 5) is 16.3. The fraction of sp³-hybridized carbons (Fsp3) is 0.400. The van der Waals surface area contributed by atoms with E-state index in [0.29, 0.717) is 18.7 Å². The number of rotatable bonds is 6. The standard InChI is InChI=1S/C20H25FN4O4S/c1-13(2)30(27,28)25-7-6-18(12-25)29-19-9-15(21)8-17(10-19)24-20(26)23-16-5-4-14(3)22-11-16/h4-5,8-11,13,18H,6-7,12H2,1-3H3,(H2,23,24,26)/t18-/m1/s1. The predicted octanol–water partition coefficient (Wildman–Crippen LogP) is 3.36. The van der Waals surface area contributed by atoms with Crippen LogP contribution in [0.2, 0.25) is 0 Å². The van der Waals surface area contributed by atoms with Gasteiger partial charge in [0.25, 0.3) is 0 Å². The number of urea groups is 1. The zero-order chi connectivity index (χ0) is 21.9. The van der Waals surface area contributed by atoms with E-state index in [2.05, 4.69) is 15.6 Å². The number of pyridine rings is 1. The van der Waals surface area contributed by atoms with E-state index in [1.54, 1.807) is 26.0 Å². The van der Waals surface area contributed by atoms with E-state index in [-0.39, 0.29) is 24.1 Å². The summed E-state index contributed by atoms with van der Waals surface area (Å²) in [5, 5.41) is 4.66. The molecule has 1 saturated heterocycles. The minimum Gasteiger partial charge on any atom is -0.489 e. The minimum absolute atomic E-state index is 0.209. The second-order valence-electron chi connectivity index (χ2n) is 7.42. The molecule has 0 radical (unpaired) electrons. The Morgan fingerprint density at radius 1 is 1.23 bits per heavy atom. The molecule has 1 aliphatic heterocycles. The Balaban J connectivity index is 1.63. The van der Waals surface area contributed by atoms with Crippen LogP contribution in [0.25, 0.3) is 0 Å². The monoisotopic (exact) mass is 436 g/mol. The normalized spacial score (nSPS) is 17.2. The summed E-state index contributed by atoms with van der Waals surface area (Å²) in [6, 6.07) is 6.78. The molecule has 1 aromatic carbocycles. The number of aromatic nitrogens is 1. The summed E-state index contributed by atoms with van der Waals surface area (Å²) in [6.45, 7) is 5.66. The molecule has 1 atom stereocenters. The van der Waals surface area contributed by atoms with Crippen molar-refractivity contribution >= 4 is 27.4 Å². The van der Waals surface area contributed by atoms with Crippen molar-refractivity contribution in [3.63, 3.8) is 0 Å². The molecule has 1 fully saturated rings. The molecule has 0 saturated carbocycles. The number of nitrogens with zero attached hydrogens (tertiary/aromatic N) is 2. The van der Waals surface area contributed by atoms with E-state index < -0.39 is 27.1 Å². The molecule has 0 unspecified atom stereocenters. The van der Waals surface area contributed by atoms with Gasteiger partial charge in [0.05, 0.1) is 23.7 Å². The van der Waals surface area contributed by atoms with E-state index >= 15 is 0 Å². The van der Waals surface area contributed by atoms with Crippen LogP contribution in [0.5, 0.6) is 5.75 Å². The van der Waals surface area contributed by atoms with E-state index in [9.17, 15) is 17.6 Å². The van der Waals surface area contributed by atoms with Crippen molar-refractivity contribution in [3.05, 3.63) is 48.0 Å². The Morgan fingerprint density at radius 2 is 1.97 bits per heavy atom. The van der Waals surface area contributed by atoms with Crippen molar-refractivity contribution in [1.82, 2.24) is 9.29 Å². The molecular formula is C20H25FN4O4S. The van der Waals surface area contributed by atoms with Crippen LogP contribution < -0.4 is 15.4 Å². The molecule has 0 aliphatic carbocycles. The molecule has 2 aromatic rings. The summed E-state index contributed by atoms with van der Waals surface area (Å²) in [5.41, 5.74) is 1.54. The quantitative estimate of drug-likeness (QED) is 0.723. The smallest absolute Gasteiger partial charge is 0.323 e. The summed E-state index contributed by atoms with van der Waals surface area (Å²) in [5.74, 6) is -0.361. The van der Waals surface area contributed by atoms with Crippen molar-refractivity contribution in [2.75, 3.05) is 23.7 Å². The van der Waals surface area contributed by atoms with Gasteiger partial charge in [-0.3, -0.25) is 4.98 Å². The summed E-state index contributed by atoms with van der Waals surface area (Å²) in [7, 11) is -3.36. The third kappa shape index (κ3) is 5.45. The first-order valence-corrected chi connectivity index (χ1v) is 11.1. The summed E-state index contributed by atoms with van der Waals surface area (Å²) >= 11 is 0. The maximum atomic E-state index is 14.0. The predicted molar refractivity (Wildman–Crippen MR) is 113 cm³/mol. The van der Waals surface area contributed by atoms with E-state index in [1.165, 1.54) is 28.7 Å². The van der Waals surface area contributed by atoms with Crippen molar-refractivity contribution in [1.29, 1.82) is 0 Å². The Kier molecular flexibility index (Phi) is 6.57. The molecule has 30 heavy (non-hydrogen) atoms. The zero-order valence-electron chi connectivity index (χ0n) is 17.1. The number of carbonyl (C=O) groups is 1. The van der Waals surface area contributed by atoms with Gasteiger partial charge in [0.15, 0.2) is 0 Å². The van der Waals surface area contributed by atoms with Crippen LogP contribution in [0.3, 0.4) is 0 Å². The van der Waals surface area contributed by atoms with Crippen molar-refractivity contribution in [2.24, 2.45) is 0 Å². The number of carbonyl (C=O) groups excluding carboxylic acids is 1. The number of amides is 2. The first-order chi connectivity index (χ1) is 14.1. The average Bonchev–Trinajstić information content (AvgIpc) is 3.12. The highest BCUT2D eigenvalue weighted by Crippen LogP contribution is 2.25. The number of nitrogens with one attached hydrogen (secondary N) is 2. The van der Waals surface area contributed by atoms with Gasteiger partial charge < -0.3 is 15.4 Å². The number of aryl methyl sites for hydroxylation is 1. The van der Waals surface area contributed by atoms with Crippen LogP contribution in [-0.4, -0.2) is 48.2 Å².